The highest BCUT2D eigenvalue weighted by Gasteiger charge is 2.22. The average molecular weight is 299 g/mol. The van der Waals surface area contributed by atoms with E-state index in [0.29, 0.717) is 10.8 Å². The van der Waals surface area contributed by atoms with E-state index in [0.717, 1.165) is 44.7 Å². The molecular weight excluding hydrogens is 276 g/mol. The van der Waals surface area contributed by atoms with Gasteiger partial charge in [-0.2, -0.15) is 0 Å². The van der Waals surface area contributed by atoms with Gasteiger partial charge in [-0.3, -0.25) is 4.90 Å². The molecule has 0 saturated carbocycles. The SMILES string of the molecule is CCCC(O)N1CCN(c2ccc(Cl)c(OC)c2)CC1. The van der Waals surface area contributed by atoms with Gasteiger partial charge >= 0.3 is 0 Å². The first-order valence-electron chi connectivity index (χ1n) is 7.16. The summed E-state index contributed by atoms with van der Waals surface area (Å²) in [6, 6.07) is 5.86. The predicted octanol–water partition coefficient (Wildman–Crippen LogP) is 2.59. The molecule has 0 spiro atoms. The molecule has 5 heteroatoms. The van der Waals surface area contributed by atoms with Crippen LogP contribution in [0.15, 0.2) is 18.2 Å². The fourth-order valence-corrected chi connectivity index (χ4v) is 2.76. The molecule has 1 aliphatic rings. The summed E-state index contributed by atoms with van der Waals surface area (Å²) in [4.78, 5) is 4.45. The summed E-state index contributed by atoms with van der Waals surface area (Å²) < 4.78 is 5.26. The predicted molar refractivity (Wildman–Crippen MR) is 82.7 cm³/mol. The van der Waals surface area contributed by atoms with Crippen molar-refractivity contribution in [3.8, 4) is 5.75 Å². The van der Waals surface area contributed by atoms with Crippen LogP contribution in [0.4, 0.5) is 5.69 Å². The minimum atomic E-state index is -0.304. The van der Waals surface area contributed by atoms with E-state index in [1.165, 1.54) is 0 Å². The molecule has 2 rings (SSSR count). The van der Waals surface area contributed by atoms with Crippen molar-refractivity contribution < 1.29 is 9.84 Å². The highest BCUT2D eigenvalue weighted by atomic mass is 35.5. The van der Waals surface area contributed by atoms with Crippen molar-refractivity contribution in [3.63, 3.8) is 0 Å². The fraction of sp³-hybridized carbons (Fsp3) is 0.600. The lowest BCUT2D eigenvalue weighted by Gasteiger charge is -2.38. The van der Waals surface area contributed by atoms with Crippen LogP contribution in [0.25, 0.3) is 0 Å². The van der Waals surface area contributed by atoms with Crippen LogP contribution in [0.2, 0.25) is 5.02 Å². The van der Waals surface area contributed by atoms with Crippen LogP contribution >= 0.6 is 11.6 Å². The summed E-state index contributed by atoms with van der Waals surface area (Å²) in [5, 5.41) is 10.7. The Kier molecular flexibility index (Phi) is 5.52. The molecule has 20 heavy (non-hydrogen) atoms. The Bertz CT molecular complexity index is 434. The second-order valence-electron chi connectivity index (χ2n) is 5.11. The molecule has 1 aliphatic heterocycles. The molecular formula is C15H23ClN2O2. The molecule has 4 nitrogen and oxygen atoms in total. The topological polar surface area (TPSA) is 35.9 Å². The van der Waals surface area contributed by atoms with Crippen molar-refractivity contribution in [2.75, 3.05) is 38.2 Å². The third-order valence-corrected chi connectivity index (χ3v) is 4.09. The quantitative estimate of drug-likeness (QED) is 0.906. The first-order valence-corrected chi connectivity index (χ1v) is 7.54. The van der Waals surface area contributed by atoms with Crippen LogP contribution in [0.5, 0.6) is 5.75 Å². The number of rotatable bonds is 5. The van der Waals surface area contributed by atoms with Gasteiger partial charge in [0.15, 0.2) is 0 Å². The summed E-state index contributed by atoms with van der Waals surface area (Å²) in [5.41, 5.74) is 1.12. The van der Waals surface area contributed by atoms with E-state index in [2.05, 4.69) is 16.7 Å². The summed E-state index contributed by atoms with van der Waals surface area (Å²) in [6.07, 6.45) is 1.55. The minimum Gasteiger partial charge on any atom is -0.495 e. The number of aliphatic hydroxyl groups excluding tert-OH is 1. The van der Waals surface area contributed by atoms with Gasteiger partial charge in [0.1, 0.15) is 12.0 Å². The molecule has 1 heterocycles. The van der Waals surface area contributed by atoms with Gasteiger partial charge in [0.2, 0.25) is 0 Å². The molecule has 0 amide bonds. The number of methoxy groups -OCH3 is 1. The molecule has 1 unspecified atom stereocenters. The highest BCUT2D eigenvalue weighted by Crippen LogP contribution is 2.29. The number of nitrogens with zero attached hydrogens (tertiary/aromatic N) is 2. The Morgan fingerprint density at radius 3 is 2.60 bits per heavy atom. The Labute approximate surface area is 125 Å². The molecule has 0 bridgehead atoms. The smallest absolute Gasteiger partial charge is 0.139 e. The fourth-order valence-electron chi connectivity index (χ4n) is 2.56. The number of piperazine rings is 1. The number of halogens is 1. The largest absolute Gasteiger partial charge is 0.495 e. The third kappa shape index (κ3) is 3.57. The van der Waals surface area contributed by atoms with E-state index >= 15 is 0 Å². The number of anilines is 1. The number of hydrogen-bond acceptors (Lipinski definition) is 4. The van der Waals surface area contributed by atoms with Crippen molar-refractivity contribution in [1.82, 2.24) is 4.90 Å². The first-order chi connectivity index (χ1) is 9.65. The maximum atomic E-state index is 10.0. The zero-order chi connectivity index (χ0) is 14.5. The average Bonchev–Trinajstić information content (AvgIpc) is 2.48. The number of hydrogen-bond donors (Lipinski definition) is 1. The van der Waals surface area contributed by atoms with Gasteiger partial charge in [-0.25, -0.2) is 0 Å². The van der Waals surface area contributed by atoms with E-state index < -0.39 is 0 Å². The summed E-state index contributed by atoms with van der Waals surface area (Å²) in [6.45, 7) is 5.68. The molecule has 112 valence electrons. The molecule has 1 fully saturated rings. The molecule has 0 aromatic heterocycles. The molecule has 0 radical (unpaired) electrons. The molecule has 1 aromatic rings. The van der Waals surface area contributed by atoms with Crippen LogP contribution in [0.1, 0.15) is 19.8 Å². The van der Waals surface area contributed by atoms with Gasteiger partial charge in [0.05, 0.1) is 12.1 Å². The van der Waals surface area contributed by atoms with E-state index in [-0.39, 0.29) is 6.23 Å². The Balaban J connectivity index is 1.96. The highest BCUT2D eigenvalue weighted by molar-refractivity contribution is 6.32. The minimum absolute atomic E-state index is 0.304. The monoisotopic (exact) mass is 298 g/mol. The Morgan fingerprint density at radius 1 is 1.30 bits per heavy atom. The summed E-state index contributed by atoms with van der Waals surface area (Å²) >= 11 is 6.05. The molecule has 0 aliphatic carbocycles. The van der Waals surface area contributed by atoms with E-state index in [4.69, 9.17) is 16.3 Å². The van der Waals surface area contributed by atoms with Gasteiger partial charge in [0, 0.05) is 37.9 Å². The van der Waals surface area contributed by atoms with E-state index in [1.54, 1.807) is 7.11 Å². The first kappa shape index (κ1) is 15.4. The van der Waals surface area contributed by atoms with Crippen LogP contribution in [-0.4, -0.2) is 49.5 Å². The zero-order valence-electron chi connectivity index (χ0n) is 12.2. The van der Waals surface area contributed by atoms with Crippen LogP contribution in [0, 0.1) is 0 Å². The van der Waals surface area contributed by atoms with Crippen molar-refractivity contribution in [3.05, 3.63) is 23.2 Å². The lowest BCUT2D eigenvalue weighted by atomic mass is 10.2. The maximum Gasteiger partial charge on any atom is 0.139 e. The lowest BCUT2D eigenvalue weighted by Crippen LogP contribution is -2.50. The third-order valence-electron chi connectivity index (χ3n) is 3.78. The van der Waals surface area contributed by atoms with Gasteiger partial charge in [-0.15, -0.1) is 0 Å². The van der Waals surface area contributed by atoms with Crippen molar-refractivity contribution in [2.45, 2.75) is 26.0 Å². The molecule has 1 aromatic carbocycles. The molecule has 1 saturated heterocycles. The second-order valence-corrected chi connectivity index (χ2v) is 5.52. The van der Waals surface area contributed by atoms with Crippen LogP contribution in [-0.2, 0) is 0 Å². The summed E-state index contributed by atoms with van der Waals surface area (Å²) in [7, 11) is 1.63. The molecule has 1 atom stereocenters. The van der Waals surface area contributed by atoms with E-state index in [1.807, 2.05) is 18.2 Å². The maximum absolute atomic E-state index is 10.0. The Hall–Kier alpha value is -0.970. The van der Waals surface area contributed by atoms with Gasteiger partial charge < -0.3 is 14.7 Å². The second kappa shape index (κ2) is 7.16. The zero-order valence-corrected chi connectivity index (χ0v) is 12.9. The molecule has 1 N–H and O–H groups in total. The van der Waals surface area contributed by atoms with Crippen molar-refractivity contribution in [1.29, 1.82) is 0 Å². The van der Waals surface area contributed by atoms with Gasteiger partial charge in [0.25, 0.3) is 0 Å². The normalized spacial score (nSPS) is 18.1. The Morgan fingerprint density at radius 2 is 2.00 bits per heavy atom. The van der Waals surface area contributed by atoms with Gasteiger partial charge in [-0.05, 0) is 18.6 Å². The van der Waals surface area contributed by atoms with Crippen molar-refractivity contribution in [2.24, 2.45) is 0 Å². The number of ether oxygens (including phenoxy) is 1. The van der Waals surface area contributed by atoms with Crippen molar-refractivity contribution >= 4 is 17.3 Å². The standard InChI is InChI=1S/C15H23ClN2O2/c1-3-4-15(19)18-9-7-17(8-10-18)12-5-6-13(16)14(11-12)20-2/h5-6,11,15,19H,3-4,7-10H2,1-2H3. The lowest BCUT2D eigenvalue weighted by molar-refractivity contribution is -0.00586. The van der Waals surface area contributed by atoms with Gasteiger partial charge in [-0.1, -0.05) is 24.9 Å². The van der Waals surface area contributed by atoms with Crippen LogP contribution in [0.3, 0.4) is 0 Å². The summed E-state index contributed by atoms with van der Waals surface area (Å²) in [5.74, 6) is 0.706. The number of aliphatic hydroxyl groups is 1. The van der Waals surface area contributed by atoms with E-state index in [9.17, 15) is 5.11 Å². The van der Waals surface area contributed by atoms with Crippen LogP contribution < -0.4 is 9.64 Å². The number of benzene rings is 1.